The molecule has 2 aliphatic heterocycles. The van der Waals surface area contributed by atoms with Gasteiger partial charge in [-0.25, -0.2) is 0 Å². The van der Waals surface area contributed by atoms with E-state index in [0.717, 1.165) is 16.2 Å². The van der Waals surface area contributed by atoms with Crippen molar-refractivity contribution in [1.82, 2.24) is 5.01 Å². The molecule has 3 aromatic rings. The Balaban J connectivity index is 1.35. The average Bonchev–Trinajstić information content (AvgIpc) is 3.60. The first-order valence-electron chi connectivity index (χ1n) is 11.6. The standard InChI is InChI=1S/C27H24N4O5S2/c1-16-7-4-5-8-19(16)35-10-11-36-23-20(33-2)14-17(15-21(23)34-3)13-18-24(28)31-27(29-25(18)32)38-26(30-31)22-9-6-12-37-22/h4-9,12-15,28H,10-11H2,1-3H3/b18-13-,28-24?. The van der Waals surface area contributed by atoms with E-state index < -0.39 is 5.91 Å². The lowest BCUT2D eigenvalue weighted by Gasteiger charge is -2.20. The molecule has 1 N–H and O–H groups in total. The van der Waals surface area contributed by atoms with Crippen LogP contribution < -0.4 is 18.9 Å². The van der Waals surface area contributed by atoms with Crippen molar-refractivity contribution < 1.29 is 23.7 Å². The van der Waals surface area contributed by atoms with E-state index in [4.69, 9.17) is 24.4 Å². The van der Waals surface area contributed by atoms with Gasteiger partial charge in [0.2, 0.25) is 10.9 Å². The summed E-state index contributed by atoms with van der Waals surface area (Å²) >= 11 is 2.81. The number of methoxy groups -OCH3 is 2. The molecular formula is C27H24N4O5S2. The van der Waals surface area contributed by atoms with Crippen molar-refractivity contribution >= 4 is 51.1 Å². The molecule has 1 aromatic heterocycles. The van der Waals surface area contributed by atoms with Crippen molar-refractivity contribution in [3.8, 4) is 23.0 Å². The number of hydrogen-bond donors (Lipinski definition) is 1. The molecule has 0 aliphatic carbocycles. The van der Waals surface area contributed by atoms with Crippen molar-refractivity contribution in [2.75, 3.05) is 27.4 Å². The summed E-state index contributed by atoms with van der Waals surface area (Å²) < 4.78 is 22.9. The summed E-state index contributed by atoms with van der Waals surface area (Å²) in [5.74, 6) is 1.48. The molecule has 0 bridgehead atoms. The van der Waals surface area contributed by atoms with E-state index in [1.165, 1.54) is 42.3 Å². The highest BCUT2D eigenvalue weighted by Gasteiger charge is 2.36. The number of para-hydroxylation sites is 1. The maximum atomic E-state index is 12.9. The van der Waals surface area contributed by atoms with Crippen LogP contribution in [0.25, 0.3) is 6.08 Å². The fourth-order valence-electron chi connectivity index (χ4n) is 3.80. The van der Waals surface area contributed by atoms with Crippen LogP contribution in [0.4, 0.5) is 0 Å². The molecule has 5 rings (SSSR count). The predicted molar refractivity (Wildman–Crippen MR) is 150 cm³/mol. The topological polar surface area (TPSA) is 106 Å². The van der Waals surface area contributed by atoms with E-state index in [1.807, 2.05) is 48.7 Å². The van der Waals surface area contributed by atoms with Gasteiger partial charge in [-0.3, -0.25) is 10.2 Å². The lowest BCUT2D eigenvalue weighted by Crippen LogP contribution is -2.35. The molecule has 0 fully saturated rings. The van der Waals surface area contributed by atoms with Crippen molar-refractivity contribution in [3.05, 3.63) is 75.5 Å². The van der Waals surface area contributed by atoms with Gasteiger partial charge in [-0.2, -0.15) is 15.1 Å². The number of nitrogens with zero attached hydrogens (tertiary/aromatic N) is 3. The lowest BCUT2D eigenvalue weighted by molar-refractivity contribution is -0.114. The molecule has 3 heterocycles. The number of ether oxygens (including phenoxy) is 4. The lowest BCUT2D eigenvalue weighted by atomic mass is 10.1. The van der Waals surface area contributed by atoms with Crippen LogP contribution in [0.2, 0.25) is 0 Å². The van der Waals surface area contributed by atoms with Crippen LogP contribution in [0, 0.1) is 12.3 Å². The zero-order chi connectivity index (χ0) is 26.6. The fraction of sp³-hybridized carbons (Fsp3) is 0.185. The van der Waals surface area contributed by atoms with Gasteiger partial charge in [0.25, 0.3) is 5.91 Å². The highest BCUT2D eigenvalue weighted by Crippen LogP contribution is 2.40. The number of thioether (sulfide) groups is 1. The number of rotatable bonds is 9. The van der Waals surface area contributed by atoms with Gasteiger partial charge < -0.3 is 18.9 Å². The van der Waals surface area contributed by atoms with Crippen LogP contribution in [0.5, 0.6) is 23.0 Å². The summed E-state index contributed by atoms with van der Waals surface area (Å²) in [6.07, 6.45) is 1.57. The Labute approximate surface area is 227 Å². The minimum Gasteiger partial charge on any atom is -0.493 e. The van der Waals surface area contributed by atoms with Gasteiger partial charge in [-0.15, -0.1) is 11.3 Å². The Morgan fingerprint density at radius 1 is 1.00 bits per heavy atom. The second kappa shape index (κ2) is 11.1. The number of hydrazone groups is 1. The number of carbonyl (C=O) groups is 1. The molecule has 0 unspecified atom stereocenters. The molecule has 38 heavy (non-hydrogen) atoms. The third kappa shape index (κ3) is 5.15. The largest absolute Gasteiger partial charge is 0.493 e. The zero-order valence-electron chi connectivity index (χ0n) is 20.9. The number of aryl methyl sites for hydroxylation is 1. The molecule has 9 nitrogen and oxygen atoms in total. The molecule has 11 heteroatoms. The third-order valence-electron chi connectivity index (χ3n) is 5.66. The quantitative estimate of drug-likeness (QED) is 0.289. The van der Waals surface area contributed by atoms with Crippen molar-refractivity contribution in [3.63, 3.8) is 0 Å². The molecule has 194 valence electrons. The molecule has 2 aromatic carbocycles. The molecular weight excluding hydrogens is 524 g/mol. The average molecular weight is 549 g/mol. The van der Waals surface area contributed by atoms with Crippen molar-refractivity contribution in [2.24, 2.45) is 10.1 Å². The first-order chi connectivity index (χ1) is 18.5. The van der Waals surface area contributed by atoms with E-state index in [9.17, 15) is 4.79 Å². The molecule has 0 spiro atoms. The molecule has 0 atom stereocenters. The van der Waals surface area contributed by atoms with Crippen LogP contribution in [0.15, 0.2) is 69.6 Å². The number of nitrogens with one attached hydrogen (secondary N) is 1. The summed E-state index contributed by atoms with van der Waals surface area (Å²) in [5.41, 5.74) is 1.73. The number of aliphatic imine (C=N–C) groups is 1. The van der Waals surface area contributed by atoms with Crippen LogP contribution >= 0.6 is 23.1 Å². The third-order valence-corrected chi connectivity index (χ3v) is 7.61. The minimum absolute atomic E-state index is 0.0503. The van der Waals surface area contributed by atoms with Gasteiger partial charge in [-0.1, -0.05) is 24.3 Å². The maximum absolute atomic E-state index is 12.9. The SMILES string of the molecule is COc1cc(/C=C2/C(=N)N3N=C(c4cccs4)SC3=NC2=O)cc(OC)c1OCCOc1ccccc1C. The number of amides is 1. The zero-order valence-corrected chi connectivity index (χ0v) is 22.5. The molecule has 2 aliphatic rings. The predicted octanol–water partition coefficient (Wildman–Crippen LogP) is 5.20. The Morgan fingerprint density at radius 3 is 2.42 bits per heavy atom. The Morgan fingerprint density at radius 2 is 1.74 bits per heavy atom. The maximum Gasteiger partial charge on any atom is 0.283 e. The van der Waals surface area contributed by atoms with E-state index in [2.05, 4.69) is 10.1 Å². The number of hydrogen-bond acceptors (Lipinski definition) is 9. The Hall–Kier alpha value is -4.09. The fourth-order valence-corrected chi connectivity index (χ4v) is 5.48. The summed E-state index contributed by atoms with van der Waals surface area (Å²) in [4.78, 5) is 18.0. The van der Waals surface area contributed by atoms with Crippen molar-refractivity contribution in [1.29, 1.82) is 5.41 Å². The first-order valence-corrected chi connectivity index (χ1v) is 13.3. The van der Waals surface area contributed by atoms with Gasteiger partial charge in [0.1, 0.15) is 24.0 Å². The van der Waals surface area contributed by atoms with E-state index in [0.29, 0.717) is 39.6 Å². The van der Waals surface area contributed by atoms with E-state index >= 15 is 0 Å². The summed E-state index contributed by atoms with van der Waals surface area (Å²) in [6, 6.07) is 15.1. The van der Waals surface area contributed by atoms with Crippen molar-refractivity contribution in [2.45, 2.75) is 6.92 Å². The Bertz CT molecular complexity index is 1460. The number of amidine groups is 2. The number of fused-ring (bicyclic) bond motifs is 1. The second-order valence-corrected chi connectivity index (χ2v) is 10.0. The van der Waals surface area contributed by atoms with Gasteiger partial charge in [-0.05, 0) is 65.5 Å². The van der Waals surface area contributed by atoms with Crippen LogP contribution in [-0.4, -0.2) is 54.4 Å². The second-order valence-electron chi connectivity index (χ2n) is 8.12. The summed E-state index contributed by atoms with van der Waals surface area (Å²) in [6.45, 7) is 2.58. The number of benzene rings is 2. The summed E-state index contributed by atoms with van der Waals surface area (Å²) in [7, 11) is 3.05. The van der Waals surface area contributed by atoms with Gasteiger partial charge in [0, 0.05) is 0 Å². The highest BCUT2D eigenvalue weighted by atomic mass is 32.2. The van der Waals surface area contributed by atoms with E-state index in [1.54, 1.807) is 18.2 Å². The molecule has 0 radical (unpaired) electrons. The minimum atomic E-state index is -0.511. The van der Waals surface area contributed by atoms with Gasteiger partial charge in [0.05, 0.1) is 24.7 Å². The van der Waals surface area contributed by atoms with Crippen LogP contribution in [-0.2, 0) is 4.79 Å². The number of thiophene rings is 1. The monoisotopic (exact) mass is 548 g/mol. The molecule has 0 saturated heterocycles. The number of carbonyl (C=O) groups excluding carboxylic acids is 1. The van der Waals surface area contributed by atoms with Crippen LogP contribution in [0.3, 0.4) is 0 Å². The normalized spacial score (nSPS) is 15.8. The summed E-state index contributed by atoms with van der Waals surface area (Å²) in [5, 5.41) is 17.6. The first kappa shape index (κ1) is 25.6. The molecule has 0 saturated carbocycles. The molecule has 1 amide bonds. The smallest absolute Gasteiger partial charge is 0.283 e. The van der Waals surface area contributed by atoms with Crippen LogP contribution in [0.1, 0.15) is 16.0 Å². The van der Waals surface area contributed by atoms with Gasteiger partial charge in [0.15, 0.2) is 17.3 Å². The Kier molecular flexibility index (Phi) is 7.47. The highest BCUT2D eigenvalue weighted by molar-refractivity contribution is 8.27. The van der Waals surface area contributed by atoms with E-state index in [-0.39, 0.29) is 18.0 Å². The van der Waals surface area contributed by atoms with Gasteiger partial charge >= 0.3 is 0 Å².